The lowest BCUT2D eigenvalue weighted by Crippen LogP contribution is -2.45. The van der Waals surface area contributed by atoms with Crippen molar-refractivity contribution in [2.45, 2.75) is 33.2 Å². The van der Waals surface area contributed by atoms with Crippen LogP contribution in [0.5, 0.6) is 0 Å². The summed E-state index contributed by atoms with van der Waals surface area (Å²) in [6.45, 7) is 8.79. The lowest BCUT2D eigenvalue weighted by Gasteiger charge is -2.34. The Hall–Kier alpha value is -1.38. The van der Waals surface area contributed by atoms with E-state index in [9.17, 15) is 4.79 Å². The molecule has 0 spiro atoms. The van der Waals surface area contributed by atoms with Crippen LogP contribution in [0, 0.1) is 0 Å². The molecule has 1 rings (SSSR count). The van der Waals surface area contributed by atoms with Crippen molar-refractivity contribution in [2.75, 3.05) is 6.54 Å². The first-order valence-corrected chi connectivity index (χ1v) is 5.19. The molecule has 1 aromatic rings. The van der Waals surface area contributed by atoms with Crippen molar-refractivity contribution in [1.82, 2.24) is 9.88 Å². The predicted molar refractivity (Wildman–Crippen MR) is 60.7 cm³/mol. The molecule has 0 unspecified atom stereocenters. The van der Waals surface area contributed by atoms with Gasteiger partial charge in [-0.25, -0.2) is 0 Å². The van der Waals surface area contributed by atoms with Crippen molar-refractivity contribution in [3.05, 3.63) is 30.1 Å². The number of rotatable bonds is 2. The number of pyridine rings is 1. The van der Waals surface area contributed by atoms with Gasteiger partial charge < -0.3 is 4.90 Å². The number of carbonyl (C=O) groups is 1. The van der Waals surface area contributed by atoms with Crippen molar-refractivity contribution >= 4 is 5.91 Å². The molecule has 0 aliphatic rings. The van der Waals surface area contributed by atoms with Crippen LogP contribution < -0.4 is 0 Å². The van der Waals surface area contributed by atoms with Gasteiger partial charge in [0, 0.05) is 24.5 Å². The normalized spacial score (nSPS) is 11.2. The summed E-state index contributed by atoms with van der Waals surface area (Å²) in [5.41, 5.74) is 0.496. The second-order valence-electron chi connectivity index (χ2n) is 4.46. The summed E-state index contributed by atoms with van der Waals surface area (Å²) in [4.78, 5) is 17.9. The van der Waals surface area contributed by atoms with E-state index in [0.29, 0.717) is 12.1 Å². The summed E-state index contributed by atoms with van der Waals surface area (Å²) >= 11 is 0. The smallest absolute Gasteiger partial charge is 0.255 e. The molecular weight excluding hydrogens is 188 g/mol. The highest BCUT2D eigenvalue weighted by atomic mass is 16.2. The number of hydrogen-bond acceptors (Lipinski definition) is 2. The molecule has 0 aliphatic carbocycles. The van der Waals surface area contributed by atoms with Crippen LogP contribution in [-0.2, 0) is 0 Å². The van der Waals surface area contributed by atoms with Gasteiger partial charge in [-0.15, -0.1) is 0 Å². The Morgan fingerprint density at radius 1 is 1.47 bits per heavy atom. The van der Waals surface area contributed by atoms with Crippen molar-refractivity contribution in [3.63, 3.8) is 0 Å². The molecule has 0 radical (unpaired) electrons. The molecule has 1 aromatic heterocycles. The second kappa shape index (κ2) is 4.43. The minimum absolute atomic E-state index is 0.0399. The highest BCUT2D eigenvalue weighted by molar-refractivity contribution is 5.94. The van der Waals surface area contributed by atoms with Crippen molar-refractivity contribution in [1.29, 1.82) is 0 Å². The number of amides is 1. The molecule has 82 valence electrons. The summed E-state index contributed by atoms with van der Waals surface area (Å²) in [6, 6.07) is 3.58. The van der Waals surface area contributed by atoms with E-state index >= 15 is 0 Å². The van der Waals surface area contributed by atoms with E-state index in [-0.39, 0.29) is 11.4 Å². The summed E-state index contributed by atoms with van der Waals surface area (Å²) in [6.07, 6.45) is 3.28. The molecule has 0 atom stereocenters. The Balaban J connectivity index is 2.93. The summed E-state index contributed by atoms with van der Waals surface area (Å²) in [7, 11) is 0. The van der Waals surface area contributed by atoms with Gasteiger partial charge in [-0.2, -0.15) is 0 Å². The molecule has 0 N–H and O–H groups in total. The maximum absolute atomic E-state index is 12.1. The van der Waals surface area contributed by atoms with E-state index < -0.39 is 0 Å². The third-order valence-electron chi connectivity index (χ3n) is 2.28. The first kappa shape index (κ1) is 11.7. The van der Waals surface area contributed by atoms with Crippen molar-refractivity contribution < 1.29 is 4.79 Å². The third kappa shape index (κ3) is 2.78. The Labute approximate surface area is 91.1 Å². The zero-order valence-electron chi connectivity index (χ0n) is 9.82. The molecule has 0 bridgehead atoms. The average molecular weight is 206 g/mol. The zero-order valence-corrected chi connectivity index (χ0v) is 9.82. The summed E-state index contributed by atoms with van der Waals surface area (Å²) in [5.74, 6) is 0.0399. The number of carbonyl (C=O) groups excluding carboxylic acids is 1. The maximum atomic E-state index is 12.1. The third-order valence-corrected chi connectivity index (χ3v) is 2.28. The topological polar surface area (TPSA) is 33.2 Å². The molecule has 3 heteroatoms. The van der Waals surface area contributed by atoms with Gasteiger partial charge in [-0.1, -0.05) is 0 Å². The van der Waals surface area contributed by atoms with Crippen LogP contribution in [-0.4, -0.2) is 27.9 Å². The van der Waals surface area contributed by atoms with Gasteiger partial charge in [-0.3, -0.25) is 9.78 Å². The van der Waals surface area contributed by atoms with Crippen LogP contribution in [0.15, 0.2) is 24.5 Å². The first-order chi connectivity index (χ1) is 6.96. The Kier molecular flexibility index (Phi) is 3.45. The molecular formula is C12H18N2O. The van der Waals surface area contributed by atoms with Gasteiger partial charge in [0.05, 0.1) is 5.56 Å². The van der Waals surface area contributed by atoms with Crippen molar-refractivity contribution in [3.8, 4) is 0 Å². The van der Waals surface area contributed by atoms with E-state index in [2.05, 4.69) is 4.98 Å². The van der Waals surface area contributed by atoms with Crippen LogP contribution in [0.25, 0.3) is 0 Å². The number of hydrogen-bond donors (Lipinski definition) is 0. The monoisotopic (exact) mass is 206 g/mol. The maximum Gasteiger partial charge on any atom is 0.255 e. The highest BCUT2D eigenvalue weighted by Crippen LogP contribution is 2.16. The Bertz CT molecular complexity index is 327. The van der Waals surface area contributed by atoms with Gasteiger partial charge >= 0.3 is 0 Å². The first-order valence-electron chi connectivity index (χ1n) is 5.19. The van der Waals surface area contributed by atoms with Crippen LogP contribution in [0.2, 0.25) is 0 Å². The molecule has 0 fully saturated rings. The fourth-order valence-electron chi connectivity index (χ4n) is 1.57. The van der Waals surface area contributed by atoms with Gasteiger partial charge in [0.1, 0.15) is 0 Å². The molecule has 0 saturated carbocycles. The molecule has 0 aliphatic heterocycles. The highest BCUT2D eigenvalue weighted by Gasteiger charge is 2.25. The zero-order chi connectivity index (χ0) is 11.5. The standard InChI is InChI=1S/C12H18N2O/c1-5-14(12(2,3)4)11(15)10-7-6-8-13-9-10/h6-9H,5H2,1-4H3. The molecule has 3 nitrogen and oxygen atoms in total. The van der Waals surface area contributed by atoms with Crippen molar-refractivity contribution in [2.24, 2.45) is 0 Å². The van der Waals surface area contributed by atoms with Gasteiger partial charge in [0.15, 0.2) is 0 Å². The minimum Gasteiger partial charge on any atom is -0.334 e. The van der Waals surface area contributed by atoms with Crippen LogP contribution >= 0.6 is 0 Å². The molecule has 1 heterocycles. The number of aromatic nitrogens is 1. The second-order valence-corrected chi connectivity index (χ2v) is 4.46. The molecule has 0 aromatic carbocycles. The molecule has 0 saturated heterocycles. The largest absolute Gasteiger partial charge is 0.334 e. The molecule has 1 amide bonds. The van der Waals surface area contributed by atoms with E-state index in [1.54, 1.807) is 24.5 Å². The Morgan fingerprint density at radius 2 is 2.13 bits per heavy atom. The Morgan fingerprint density at radius 3 is 2.53 bits per heavy atom. The lowest BCUT2D eigenvalue weighted by atomic mass is 10.0. The van der Waals surface area contributed by atoms with E-state index in [0.717, 1.165) is 0 Å². The van der Waals surface area contributed by atoms with Crippen LogP contribution in [0.1, 0.15) is 38.1 Å². The SMILES string of the molecule is CCN(C(=O)c1cccnc1)C(C)(C)C. The molecule has 15 heavy (non-hydrogen) atoms. The minimum atomic E-state index is -0.151. The van der Waals surface area contributed by atoms with Gasteiger partial charge in [-0.05, 0) is 39.8 Å². The van der Waals surface area contributed by atoms with Crippen LogP contribution in [0.4, 0.5) is 0 Å². The summed E-state index contributed by atoms with van der Waals surface area (Å²) < 4.78 is 0. The van der Waals surface area contributed by atoms with E-state index in [1.807, 2.05) is 32.6 Å². The van der Waals surface area contributed by atoms with Crippen LogP contribution in [0.3, 0.4) is 0 Å². The number of nitrogens with zero attached hydrogens (tertiary/aromatic N) is 2. The average Bonchev–Trinajstić information content (AvgIpc) is 2.18. The van der Waals surface area contributed by atoms with E-state index in [1.165, 1.54) is 0 Å². The van der Waals surface area contributed by atoms with Gasteiger partial charge in [0.2, 0.25) is 0 Å². The fraction of sp³-hybridized carbons (Fsp3) is 0.500. The quantitative estimate of drug-likeness (QED) is 0.744. The van der Waals surface area contributed by atoms with E-state index in [4.69, 9.17) is 0 Å². The lowest BCUT2D eigenvalue weighted by molar-refractivity contribution is 0.0598. The fourth-order valence-corrected chi connectivity index (χ4v) is 1.57. The predicted octanol–water partition coefficient (Wildman–Crippen LogP) is 2.34. The summed E-state index contributed by atoms with van der Waals surface area (Å²) in [5, 5.41) is 0. The van der Waals surface area contributed by atoms with Gasteiger partial charge in [0.25, 0.3) is 5.91 Å².